The normalized spacial score (nSPS) is 11.8. The third kappa shape index (κ3) is 2.36. The number of nitrogens with zero attached hydrogens (tertiary/aromatic N) is 4. The molecule has 3 aromatic rings. The lowest BCUT2D eigenvalue weighted by Gasteiger charge is -2.15. The van der Waals surface area contributed by atoms with Crippen LogP contribution in [0.3, 0.4) is 0 Å². The van der Waals surface area contributed by atoms with Crippen molar-refractivity contribution in [3.63, 3.8) is 0 Å². The highest BCUT2D eigenvalue weighted by molar-refractivity contribution is 5.72. The van der Waals surface area contributed by atoms with Gasteiger partial charge in [0.05, 0.1) is 12.0 Å². The molecule has 0 N–H and O–H groups in total. The highest BCUT2D eigenvalue weighted by atomic mass is 19.1. The second-order valence-corrected chi connectivity index (χ2v) is 6.28. The maximum atomic E-state index is 13.2. The Morgan fingerprint density at radius 1 is 1.00 bits per heavy atom. The number of fused-ring (bicyclic) bond motifs is 1. The summed E-state index contributed by atoms with van der Waals surface area (Å²) in [6.45, 7) is 7.43. The third-order valence-corrected chi connectivity index (χ3v) is 3.96. The van der Waals surface area contributed by atoms with E-state index in [1.165, 1.54) is 33.4 Å². The molecule has 0 unspecified atom stereocenters. The maximum Gasteiger partial charge on any atom is 0.337 e. The fourth-order valence-corrected chi connectivity index (χ4v) is 2.79. The molecule has 0 radical (unpaired) electrons. The molecule has 7 heteroatoms. The van der Waals surface area contributed by atoms with Crippen LogP contribution in [0.15, 0.2) is 40.2 Å². The highest BCUT2D eigenvalue weighted by Crippen LogP contribution is 2.17. The van der Waals surface area contributed by atoms with Gasteiger partial charge in [-0.05, 0) is 52.0 Å². The van der Waals surface area contributed by atoms with E-state index in [9.17, 15) is 14.0 Å². The lowest BCUT2D eigenvalue weighted by Crippen LogP contribution is -2.41. The fraction of sp³-hybridized carbons (Fsp3) is 0.353. The lowest BCUT2D eigenvalue weighted by atomic mass is 10.3. The van der Waals surface area contributed by atoms with Crippen molar-refractivity contribution in [3.8, 4) is 5.69 Å². The SMILES string of the molecule is CC(C)n1c(=O)c2c(ncn2C(C)C)n(-c2ccc(F)cc2)c1=O. The summed E-state index contributed by atoms with van der Waals surface area (Å²) in [7, 11) is 0. The zero-order chi connectivity index (χ0) is 17.6. The van der Waals surface area contributed by atoms with Gasteiger partial charge in [0.25, 0.3) is 5.56 Å². The minimum atomic E-state index is -0.483. The van der Waals surface area contributed by atoms with Crippen LogP contribution in [0.1, 0.15) is 39.8 Å². The van der Waals surface area contributed by atoms with Crippen LogP contribution in [-0.2, 0) is 0 Å². The van der Waals surface area contributed by atoms with Crippen LogP contribution in [0.2, 0.25) is 0 Å². The van der Waals surface area contributed by atoms with Gasteiger partial charge in [-0.25, -0.2) is 18.7 Å². The van der Waals surface area contributed by atoms with Crippen LogP contribution in [0.4, 0.5) is 4.39 Å². The van der Waals surface area contributed by atoms with Crippen molar-refractivity contribution in [1.29, 1.82) is 0 Å². The Bertz CT molecular complexity index is 1010. The number of hydrogen-bond acceptors (Lipinski definition) is 3. The van der Waals surface area contributed by atoms with E-state index in [2.05, 4.69) is 4.98 Å². The van der Waals surface area contributed by atoms with Gasteiger partial charge in [-0.2, -0.15) is 0 Å². The van der Waals surface area contributed by atoms with Crippen LogP contribution in [0.5, 0.6) is 0 Å². The Morgan fingerprint density at radius 2 is 1.62 bits per heavy atom. The van der Waals surface area contributed by atoms with Crippen molar-refractivity contribution >= 4 is 11.2 Å². The van der Waals surface area contributed by atoms with Gasteiger partial charge in [0.2, 0.25) is 0 Å². The molecule has 0 saturated carbocycles. The topological polar surface area (TPSA) is 61.8 Å². The molecule has 3 rings (SSSR count). The van der Waals surface area contributed by atoms with Gasteiger partial charge >= 0.3 is 5.69 Å². The molecule has 2 heterocycles. The fourth-order valence-electron chi connectivity index (χ4n) is 2.79. The molecule has 0 spiro atoms. The summed E-state index contributed by atoms with van der Waals surface area (Å²) < 4.78 is 17.5. The van der Waals surface area contributed by atoms with E-state index in [1.807, 2.05) is 13.8 Å². The van der Waals surface area contributed by atoms with Crippen molar-refractivity contribution in [2.75, 3.05) is 0 Å². The van der Waals surface area contributed by atoms with Crippen molar-refractivity contribution < 1.29 is 4.39 Å². The van der Waals surface area contributed by atoms with Crippen molar-refractivity contribution in [2.24, 2.45) is 0 Å². The Kier molecular flexibility index (Phi) is 3.87. The Labute approximate surface area is 137 Å². The number of rotatable bonds is 3. The summed E-state index contributed by atoms with van der Waals surface area (Å²) >= 11 is 0. The van der Waals surface area contributed by atoms with Crippen LogP contribution in [0.25, 0.3) is 16.9 Å². The van der Waals surface area contributed by atoms with Gasteiger partial charge in [-0.1, -0.05) is 0 Å². The molecule has 0 atom stereocenters. The number of hydrogen-bond donors (Lipinski definition) is 0. The lowest BCUT2D eigenvalue weighted by molar-refractivity contribution is 0.534. The highest BCUT2D eigenvalue weighted by Gasteiger charge is 2.21. The first-order chi connectivity index (χ1) is 11.3. The molecule has 0 fully saturated rings. The van der Waals surface area contributed by atoms with Crippen LogP contribution < -0.4 is 11.2 Å². The average Bonchev–Trinajstić information content (AvgIpc) is 2.94. The van der Waals surface area contributed by atoms with Crippen molar-refractivity contribution in [2.45, 2.75) is 39.8 Å². The van der Waals surface area contributed by atoms with E-state index in [1.54, 1.807) is 24.7 Å². The van der Waals surface area contributed by atoms with E-state index < -0.39 is 11.5 Å². The van der Waals surface area contributed by atoms with E-state index in [0.717, 1.165) is 0 Å². The molecule has 0 amide bonds. The Hall–Kier alpha value is -2.70. The average molecular weight is 330 g/mol. The second-order valence-electron chi connectivity index (χ2n) is 6.28. The first-order valence-corrected chi connectivity index (χ1v) is 7.83. The first-order valence-electron chi connectivity index (χ1n) is 7.83. The molecular formula is C17H19FN4O2. The Balaban J connectivity index is 2.51. The Morgan fingerprint density at radius 3 is 2.17 bits per heavy atom. The second kappa shape index (κ2) is 5.74. The van der Waals surface area contributed by atoms with Crippen molar-refractivity contribution in [3.05, 3.63) is 57.2 Å². The van der Waals surface area contributed by atoms with E-state index in [-0.39, 0.29) is 23.3 Å². The van der Waals surface area contributed by atoms with Gasteiger partial charge < -0.3 is 4.57 Å². The summed E-state index contributed by atoms with van der Waals surface area (Å²) in [5.74, 6) is -0.395. The van der Waals surface area contributed by atoms with Gasteiger partial charge in [-0.15, -0.1) is 0 Å². The summed E-state index contributed by atoms with van der Waals surface area (Å²) in [6, 6.07) is 5.26. The molecule has 24 heavy (non-hydrogen) atoms. The summed E-state index contributed by atoms with van der Waals surface area (Å²) in [6.07, 6.45) is 1.56. The van der Waals surface area contributed by atoms with Gasteiger partial charge in [0.15, 0.2) is 11.2 Å². The standard InChI is InChI=1S/C17H19FN4O2/c1-10(2)20-9-19-15-14(20)16(23)21(11(3)4)17(24)22(15)13-7-5-12(18)6-8-13/h5-11H,1-4H3. The summed E-state index contributed by atoms with van der Waals surface area (Å²) in [5, 5.41) is 0. The number of aromatic nitrogens is 4. The third-order valence-electron chi connectivity index (χ3n) is 3.96. The molecule has 0 bridgehead atoms. The smallest absolute Gasteiger partial charge is 0.322 e. The first kappa shape index (κ1) is 16.2. The zero-order valence-corrected chi connectivity index (χ0v) is 14.0. The van der Waals surface area contributed by atoms with Crippen LogP contribution in [-0.4, -0.2) is 18.7 Å². The number of imidazole rings is 1. The zero-order valence-electron chi connectivity index (χ0n) is 14.0. The van der Waals surface area contributed by atoms with E-state index in [0.29, 0.717) is 11.2 Å². The van der Waals surface area contributed by atoms with Gasteiger partial charge in [0.1, 0.15) is 5.82 Å². The van der Waals surface area contributed by atoms with Gasteiger partial charge in [-0.3, -0.25) is 9.36 Å². The molecule has 0 aliphatic rings. The maximum absolute atomic E-state index is 13.2. The largest absolute Gasteiger partial charge is 0.337 e. The predicted molar refractivity (Wildman–Crippen MR) is 90.3 cm³/mol. The monoisotopic (exact) mass is 330 g/mol. The molecule has 6 nitrogen and oxygen atoms in total. The predicted octanol–water partition coefficient (Wildman–Crippen LogP) is 2.65. The van der Waals surface area contributed by atoms with E-state index in [4.69, 9.17) is 0 Å². The summed E-state index contributed by atoms with van der Waals surface area (Å²) in [4.78, 5) is 30.0. The van der Waals surface area contributed by atoms with E-state index >= 15 is 0 Å². The molecule has 0 aliphatic carbocycles. The van der Waals surface area contributed by atoms with Crippen LogP contribution >= 0.6 is 0 Å². The molecule has 126 valence electrons. The van der Waals surface area contributed by atoms with Gasteiger partial charge in [0, 0.05) is 12.1 Å². The number of benzene rings is 1. The van der Waals surface area contributed by atoms with Crippen molar-refractivity contribution in [1.82, 2.24) is 18.7 Å². The molecule has 0 aliphatic heterocycles. The summed E-state index contributed by atoms with van der Waals surface area (Å²) in [5.41, 5.74) is 0.261. The van der Waals surface area contributed by atoms with Crippen LogP contribution in [0, 0.1) is 5.82 Å². The molecule has 0 saturated heterocycles. The quantitative estimate of drug-likeness (QED) is 0.742. The number of halogens is 1. The minimum absolute atomic E-state index is 0.0162. The minimum Gasteiger partial charge on any atom is -0.322 e. The molecule has 2 aromatic heterocycles. The molecular weight excluding hydrogens is 311 g/mol. The molecule has 1 aromatic carbocycles.